The fourth-order valence-electron chi connectivity index (χ4n) is 3.57. The van der Waals surface area contributed by atoms with Crippen molar-refractivity contribution in [2.75, 3.05) is 6.54 Å². The first-order valence-electron chi connectivity index (χ1n) is 11.3. The minimum atomic E-state index is -0.830. The van der Waals surface area contributed by atoms with Crippen LogP contribution in [0.5, 0.6) is 0 Å². The van der Waals surface area contributed by atoms with Crippen molar-refractivity contribution in [3.05, 3.63) is 35.4 Å². The quantitative estimate of drug-likeness (QED) is 0.614. The number of rotatable bonds is 8. The van der Waals surface area contributed by atoms with Crippen LogP contribution in [0.2, 0.25) is 0 Å². The Balaban J connectivity index is 3.29. The number of hydrogen-bond donors (Lipinski definition) is 2. The summed E-state index contributed by atoms with van der Waals surface area (Å²) < 4.78 is 5.24. The number of aryl methyl sites for hydroxylation is 1. The maximum Gasteiger partial charge on any atom is 0.408 e. The summed E-state index contributed by atoms with van der Waals surface area (Å²) in [7, 11) is 0. The molecular formula is C25H41N3O4. The van der Waals surface area contributed by atoms with Crippen LogP contribution in [0, 0.1) is 6.92 Å². The van der Waals surface area contributed by atoms with Gasteiger partial charge in [0.25, 0.3) is 0 Å². The van der Waals surface area contributed by atoms with Crippen LogP contribution in [0.25, 0.3) is 0 Å². The Kier molecular flexibility index (Phi) is 9.73. The highest BCUT2D eigenvalue weighted by Crippen LogP contribution is 2.31. The molecule has 0 fully saturated rings. The highest BCUT2D eigenvalue weighted by Gasteiger charge is 2.39. The number of amides is 3. The van der Waals surface area contributed by atoms with Crippen LogP contribution in [-0.2, 0) is 14.3 Å². The zero-order valence-corrected chi connectivity index (χ0v) is 21.2. The van der Waals surface area contributed by atoms with Crippen LogP contribution in [0.3, 0.4) is 0 Å². The third kappa shape index (κ3) is 8.52. The average molecular weight is 448 g/mol. The Morgan fingerprint density at radius 2 is 1.66 bits per heavy atom. The molecule has 7 heteroatoms. The molecule has 2 unspecified atom stereocenters. The van der Waals surface area contributed by atoms with E-state index in [1.165, 1.54) is 0 Å². The number of carbonyl (C=O) groups is 3. The van der Waals surface area contributed by atoms with Gasteiger partial charge in [0, 0.05) is 11.6 Å². The van der Waals surface area contributed by atoms with Gasteiger partial charge in [-0.1, -0.05) is 37.6 Å². The van der Waals surface area contributed by atoms with Crippen LogP contribution in [-0.4, -0.2) is 46.5 Å². The predicted octanol–water partition coefficient (Wildman–Crippen LogP) is 4.49. The number of benzene rings is 1. The molecule has 3 amide bonds. The molecule has 0 saturated carbocycles. The van der Waals surface area contributed by atoms with Crippen molar-refractivity contribution >= 4 is 17.9 Å². The Bertz CT molecular complexity index is 793. The van der Waals surface area contributed by atoms with Crippen LogP contribution >= 0.6 is 0 Å². The van der Waals surface area contributed by atoms with Gasteiger partial charge in [0.2, 0.25) is 11.8 Å². The SMILES string of the molecule is CCCC(C)NC(=O)C(c1ccccc1C)N(C(=O)CNC(=O)OC(C)(C)C)C(C)(C)C. The second kappa shape index (κ2) is 11.3. The molecule has 0 saturated heterocycles. The molecular weight excluding hydrogens is 406 g/mol. The average Bonchev–Trinajstić information content (AvgIpc) is 2.62. The molecule has 7 nitrogen and oxygen atoms in total. The lowest BCUT2D eigenvalue weighted by Gasteiger charge is -2.42. The Morgan fingerprint density at radius 1 is 1.06 bits per heavy atom. The van der Waals surface area contributed by atoms with Crippen molar-refractivity contribution in [3.63, 3.8) is 0 Å². The Labute approximate surface area is 193 Å². The molecule has 0 aliphatic heterocycles. The van der Waals surface area contributed by atoms with Crippen LogP contribution in [0.4, 0.5) is 4.79 Å². The first-order chi connectivity index (χ1) is 14.7. The summed E-state index contributed by atoms with van der Waals surface area (Å²) in [5.74, 6) is -0.601. The molecule has 2 atom stereocenters. The second-order valence-corrected chi connectivity index (χ2v) is 10.2. The van der Waals surface area contributed by atoms with Gasteiger partial charge >= 0.3 is 6.09 Å². The largest absolute Gasteiger partial charge is 0.444 e. The van der Waals surface area contributed by atoms with Crippen molar-refractivity contribution in [2.45, 2.75) is 98.4 Å². The van der Waals surface area contributed by atoms with Gasteiger partial charge in [0.1, 0.15) is 18.2 Å². The summed E-state index contributed by atoms with van der Waals surface area (Å²) >= 11 is 0. The lowest BCUT2D eigenvalue weighted by Crippen LogP contribution is -2.55. The molecule has 1 aromatic rings. The molecule has 0 aliphatic carbocycles. The second-order valence-electron chi connectivity index (χ2n) is 10.2. The lowest BCUT2D eigenvalue weighted by molar-refractivity contribution is -0.146. The molecule has 0 aliphatic rings. The molecule has 1 aromatic carbocycles. The van der Waals surface area contributed by atoms with Gasteiger partial charge in [-0.25, -0.2) is 4.79 Å². The molecule has 0 aromatic heterocycles. The van der Waals surface area contributed by atoms with Gasteiger partial charge in [0.05, 0.1) is 0 Å². The van der Waals surface area contributed by atoms with E-state index in [4.69, 9.17) is 4.74 Å². The summed E-state index contributed by atoms with van der Waals surface area (Å²) in [5, 5.41) is 5.59. The van der Waals surface area contributed by atoms with Gasteiger partial charge in [-0.05, 0) is 72.9 Å². The van der Waals surface area contributed by atoms with E-state index < -0.39 is 23.3 Å². The van der Waals surface area contributed by atoms with Crippen molar-refractivity contribution in [2.24, 2.45) is 0 Å². The number of nitrogens with zero attached hydrogens (tertiary/aromatic N) is 1. The summed E-state index contributed by atoms with van der Waals surface area (Å²) in [6.07, 6.45) is 1.11. The van der Waals surface area contributed by atoms with Crippen molar-refractivity contribution in [1.82, 2.24) is 15.5 Å². The molecule has 0 heterocycles. The standard InChI is InChI=1S/C25H41N3O4/c1-10-13-18(3)27-22(30)21(19-15-12-11-14-17(19)2)28(24(4,5)6)20(29)16-26-23(31)32-25(7,8)9/h11-12,14-15,18,21H,10,13,16H2,1-9H3,(H,26,31)(H,27,30). The fraction of sp³-hybridized carbons (Fsp3) is 0.640. The Hall–Kier alpha value is -2.57. The number of ether oxygens (including phenoxy) is 1. The van der Waals surface area contributed by atoms with E-state index in [1.54, 1.807) is 25.7 Å². The predicted molar refractivity (Wildman–Crippen MR) is 127 cm³/mol. The third-order valence-electron chi connectivity index (χ3n) is 4.87. The molecule has 0 bridgehead atoms. The summed E-state index contributed by atoms with van der Waals surface area (Å²) in [4.78, 5) is 40.5. The zero-order valence-electron chi connectivity index (χ0n) is 21.2. The molecule has 1 rings (SSSR count). The van der Waals surface area contributed by atoms with Crippen LogP contribution in [0.1, 0.15) is 85.4 Å². The topological polar surface area (TPSA) is 87.7 Å². The number of carbonyl (C=O) groups excluding carboxylic acids is 3. The van der Waals surface area contributed by atoms with Crippen LogP contribution < -0.4 is 10.6 Å². The minimum absolute atomic E-state index is 0.0178. The lowest BCUT2D eigenvalue weighted by atomic mass is 9.93. The summed E-state index contributed by atoms with van der Waals surface area (Å²) in [6, 6.07) is 6.72. The third-order valence-corrected chi connectivity index (χ3v) is 4.87. The number of alkyl carbamates (subject to hydrolysis) is 1. The first kappa shape index (κ1) is 27.5. The van der Waals surface area contributed by atoms with E-state index in [2.05, 4.69) is 17.6 Å². The number of hydrogen-bond acceptors (Lipinski definition) is 4. The maximum atomic E-state index is 13.5. The molecule has 2 N–H and O–H groups in total. The van der Waals surface area contributed by atoms with Gasteiger partial charge < -0.3 is 20.3 Å². The highest BCUT2D eigenvalue weighted by atomic mass is 16.6. The number of nitrogens with one attached hydrogen (secondary N) is 2. The van der Waals surface area contributed by atoms with Crippen molar-refractivity contribution in [3.8, 4) is 0 Å². The smallest absolute Gasteiger partial charge is 0.408 e. The van der Waals surface area contributed by atoms with Gasteiger partial charge in [-0.2, -0.15) is 0 Å². The van der Waals surface area contributed by atoms with E-state index in [0.29, 0.717) is 0 Å². The molecule has 0 radical (unpaired) electrons. The monoisotopic (exact) mass is 447 g/mol. The Morgan fingerprint density at radius 3 is 2.16 bits per heavy atom. The first-order valence-corrected chi connectivity index (χ1v) is 11.3. The van der Waals surface area contributed by atoms with E-state index in [-0.39, 0.29) is 24.4 Å². The van der Waals surface area contributed by atoms with E-state index >= 15 is 0 Å². The molecule has 180 valence electrons. The zero-order chi connectivity index (χ0) is 24.7. The molecule has 0 spiro atoms. The highest BCUT2D eigenvalue weighted by molar-refractivity contribution is 5.91. The van der Waals surface area contributed by atoms with Gasteiger partial charge in [0.15, 0.2) is 0 Å². The minimum Gasteiger partial charge on any atom is -0.444 e. The summed E-state index contributed by atoms with van der Waals surface area (Å²) in [5.41, 5.74) is 0.327. The van der Waals surface area contributed by atoms with E-state index in [0.717, 1.165) is 24.0 Å². The summed E-state index contributed by atoms with van der Waals surface area (Å²) in [6.45, 7) is 16.6. The van der Waals surface area contributed by atoms with Crippen molar-refractivity contribution in [1.29, 1.82) is 0 Å². The van der Waals surface area contributed by atoms with Gasteiger partial charge in [-0.3, -0.25) is 9.59 Å². The maximum absolute atomic E-state index is 13.5. The van der Waals surface area contributed by atoms with E-state index in [9.17, 15) is 14.4 Å². The molecule has 32 heavy (non-hydrogen) atoms. The van der Waals surface area contributed by atoms with Crippen LogP contribution in [0.15, 0.2) is 24.3 Å². The fourth-order valence-corrected chi connectivity index (χ4v) is 3.57. The normalized spacial score (nSPS) is 13.7. The van der Waals surface area contributed by atoms with Crippen molar-refractivity contribution < 1.29 is 19.1 Å². The van der Waals surface area contributed by atoms with E-state index in [1.807, 2.05) is 58.9 Å². The van der Waals surface area contributed by atoms with Gasteiger partial charge in [-0.15, -0.1) is 0 Å².